The average Bonchev–Trinajstić information content (AvgIpc) is 2.95. The van der Waals surface area contributed by atoms with Gasteiger partial charge in [0.05, 0.1) is 9.21 Å². The summed E-state index contributed by atoms with van der Waals surface area (Å²) in [6.07, 6.45) is 3.45. The summed E-state index contributed by atoms with van der Waals surface area (Å²) in [5.74, 6) is 0.0802. The molecule has 2 aromatic rings. The van der Waals surface area contributed by atoms with Gasteiger partial charge in [-0.15, -0.1) is 11.3 Å². The predicted molar refractivity (Wildman–Crippen MR) is 71.2 cm³/mol. The maximum atomic E-state index is 12.2. The number of hydrogen-bond acceptors (Lipinski definition) is 2. The number of carbonyl (C=O) groups excluding carboxylic acids is 1. The van der Waals surface area contributed by atoms with Crippen molar-refractivity contribution in [3.05, 3.63) is 56.2 Å². The first kappa shape index (κ1) is 11.0. The van der Waals surface area contributed by atoms with Gasteiger partial charge in [-0.1, -0.05) is 23.7 Å². The minimum absolute atomic E-state index is 0.0802. The van der Waals surface area contributed by atoms with Gasteiger partial charge in [-0.25, -0.2) is 0 Å². The summed E-state index contributed by atoms with van der Waals surface area (Å²) < 4.78 is 0.662. The molecule has 0 bridgehead atoms. The molecule has 0 radical (unpaired) electrons. The standard InChI is InChI=1S/C14H11ClOS/c15-13-7-6-12(17-13)14(16)11-5-4-9-2-1-3-10(9)8-11/h4-8H,1-3H2. The number of thiophene rings is 1. The normalized spacial score (nSPS) is 13.7. The lowest BCUT2D eigenvalue weighted by Gasteiger charge is -2.02. The van der Waals surface area contributed by atoms with E-state index < -0.39 is 0 Å². The van der Waals surface area contributed by atoms with Crippen molar-refractivity contribution in [1.82, 2.24) is 0 Å². The molecule has 0 saturated heterocycles. The highest BCUT2D eigenvalue weighted by Gasteiger charge is 2.16. The van der Waals surface area contributed by atoms with Gasteiger partial charge < -0.3 is 0 Å². The van der Waals surface area contributed by atoms with Crippen molar-refractivity contribution in [3.8, 4) is 0 Å². The van der Waals surface area contributed by atoms with Gasteiger partial charge in [0, 0.05) is 5.56 Å². The van der Waals surface area contributed by atoms with Crippen LogP contribution in [0.5, 0.6) is 0 Å². The highest BCUT2D eigenvalue weighted by Crippen LogP contribution is 2.27. The number of rotatable bonds is 2. The molecule has 1 aliphatic carbocycles. The van der Waals surface area contributed by atoms with Crippen LogP contribution >= 0.6 is 22.9 Å². The summed E-state index contributed by atoms with van der Waals surface area (Å²) in [6, 6.07) is 9.62. The molecule has 0 atom stereocenters. The summed E-state index contributed by atoms with van der Waals surface area (Å²) in [5.41, 5.74) is 3.51. The van der Waals surface area contributed by atoms with Crippen LogP contribution in [0, 0.1) is 0 Å². The van der Waals surface area contributed by atoms with Gasteiger partial charge in [-0.05, 0) is 48.6 Å². The van der Waals surface area contributed by atoms with E-state index in [9.17, 15) is 4.79 Å². The fraction of sp³-hybridized carbons (Fsp3) is 0.214. The van der Waals surface area contributed by atoms with Crippen LogP contribution in [0.15, 0.2) is 30.3 Å². The van der Waals surface area contributed by atoms with E-state index in [0.717, 1.165) is 18.4 Å². The van der Waals surface area contributed by atoms with Gasteiger partial charge in [0.2, 0.25) is 5.78 Å². The van der Waals surface area contributed by atoms with Crippen LogP contribution in [0.4, 0.5) is 0 Å². The molecule has 0 spiro atoms. The Balaban J connectivity index is 1.97. The van der Waals surface area contributed by atoms with Crippen LogP contribution in [0.25, 0.3) is 0 Å². The van der Waals surface area contributed by atoms with Gasteiger partial charge >= 0.3 is 0 Å². The van der Waals surface area contributed by atoms with Gasteiger partial charge in [0.15, 0.2) is 0 Å². The first-order valence-electron chi connectivity index (χ1n) is 5.66. The minimum Gasteiger partial charge on any atom is -0.288 e. The Morgan fingerprint density at radius 2 is 1.94 bits per heavy atom. The molecule has 1 aliphatic rings. The molecule has 0 fully saturated rings. The van der Waals surface area contributed by atoms with Crippen molar-refractivity contribution in [2.75, 3.05) is 0 Å². The summed E-state index contributed by atoms with van der Waals surface area (Å²) in [6.45, 7) is 0. The second-order valence-corrected chi connectivity index (χ2v) is 5.99. The van der Waals surface area contributed by atoms with Crippen molar-refractivity contribution in [1.29, 1.82) is 0 Å². The van der Waals surface area contributed by atoms with Crippen molar-refractivity contribution in [2.45, 2.75) is 19.3 Å². The molecule has 0 amide bonds. The molecule has 3 heteroatoms. The molecule has 0 saturated carbocycles. The number of fused-ring (bicyclic) bond motifs is 1. The molecule has 1 aromatic carbocycles. The van der Waals surface area contributed by atoms with E-state index in [1.54, 1.807) is 12.1 Å². The van der Waals surface area contributed by atoms with Crippen molar-refractivity contribution < 1.29 is 4.79 Å². The lowest BCUT2D eigenvalue weighted by molar-refractivity contribution is 0.104. The number of ketones is 1. The summed E-state index contributed by atoms with van der Waals surface area (Å²) >= 11 is 7.19. The van der Waals surface area contributed by atoms with E-state index in [1.807, 2.05) is 12.1 Å². The van der Waals surface area contributed by atoms with Crippen LogP contribution in [0.2, 0.25) is 4.34 Å². The number of carbonyl (C=O) groups is 1. The third-order valence-electron chi connectivity index (χ3n) is 3.16. The zero-order valence-electron chi connectivity index (χ0n) is 9.20. The van der Waals surface area contributed by atoms with E-state index in [2.05, 4.69) is 6.07 Å². The second kappa shape index (κ2) is 4.28. The summed E-state index contributed by atoms with van der Waals surface area (Å²) in [5, 5.41) is 0. The lowest BCUT2D eigenvalue weighted by Crippen LogP contribution is -1.99. The summed E-state index contributed by atoms with van der Waals surface area (Å²) in [7, 11) is 0. The van der Waals surface area contributed by atoms with Crippen molar-refractivity contribution in [3.63, 3.8) is 0 Å². The molecule has 0 unspecified atom stereocenters. The Bertz CT molecular complexity index is 586. The molecular weight excluding hydrogens is 252 g/mol. The van der Waals surface area contributed by atoms with E-state index in [4.69, 9.17) is 11.6 Å². The number of aryl methyl sites for hydroxylation is 2. The van der Waals surface area contributed by atoms with Crippen LogP contribution in [0.1, 0.15) is 32.8 Å². The Morgan fingerprint density at radius 1 is 1.12 bits per heavy atom. The molecule has 3 rings (SSSR count). The SMILES string of the molecule is O=C(c1ccc2c(c1)CCC2)c1ccc(Cl)s1. The molecule has 1 nitrogen and oxygen atoms in total. The van der Waals surface area contributed by atoms with Crippen LogP contribution < -0.4 is 0 Å². The smallest absolute Gasteiger partial charge is 0.203 e. The highest BCUT2D eigenvalue weighted by molar-refractivity contribution is 7.18. The molecular formula is C14H11ClOS. The van der Waals surface area contributed by atoms with E-state index in [-0.39, 0.29) is 5.78 Å². The van der Waals surface area contributed by atoms with Gasteiger partial charge in [-0.3, -0.25) is 4.79 Å². The second-order valence-electron chi connectivity index (χ2n) is 4.27. The Morgan fingerprint density at radius 3 is 2.71 bits per heavy atom. The average molecular weight is 263 g/mol. The highest BCUT2D eigenvalue weighted by atomic mass is 35.5. The van der Waals surface area contributed by atoms with E-state index >= 15 is 0 Å². The molecule has 0 N–H and O–H groups in total. The number of benzene rings is 1. The third kappa shape index (κ3) is 2.03. The van der Waals surface area contributed by atoms with Crippen LogP contribution in [-0.4, -0.2) is 5.78 Å². The third-order valence-corrected chi connectivity index (χ3v) is 4.39. The summed E-state index contributed by atoms with van der Waals surface area (Å²) in [4.78, 5) is 12.9. The number of halogens is 1. The monoisotopic (exact) mass is 262 g/mol. The zero-order chi connectivity index (χ0) is 11.8. The lowest BCUT2D eigenvalue weighted by atomic mass is 10.0. The molecule has 0 aliphatic heterocycles. The molecule has 17 heavy (non-hydrogen) atoms. The van der Waals surface area contributed by atoms with E-state index in [0.29, 0.717) is 9.21 Å². The van der Waals surface area contributed by atoms with Gasteiger partial charge in [0.1, 0.15) is 0 Å². The topological polar surface area (TPSA) is 17.1 Å². The molecule has 1 heterocycles. The zero-order valence-corrected chi connectivity index (χ0v) is 10.8. The molecule has 1 aromatic heterocycles. The van der Waals surface area contributed by atoms with E-state index in [1.165, 1.54) is 28.9 Å². The maximum absolute atomic E-state index is 12.2. The first-order chi connectivity index (χ1) is 8.24. The van der Waals surface area contributed by atoms with Crippen molar-refractivity contribution >= 4 is 28.7 Å². The quantitative estimate of drug-likeness (QED) is 0.744. The Kier molecular flexibility index (Phi) is 2.77. The first-order valence-corrected chi connectivity index (χ1v) is 6.85. The fourth-order valence-corrected chi connectivity index (χ4v) is 3.30. The van der Waals surface area contributed by atoms with Crippen molar-refractivity contribution in [2.24, 2.45) is 0 Å². The predicted octanol–water partition coefficient (Wildman–Crippen LogP) is 4.12. The largest absolute Gasteiger partial charge is 0.288 e. The molecule has 86 valence electrons. The minimum atomic E-state index is 0.0802. The Labute approximate surface area is 109 Å². The number of hydrogen-bond donors (Lipinski definition) is 0. The van der Waals surface area contributed by atoms with Gasteiger partial charge in [0.25, 0.3) is 0 Å². The maximum Gasteiger partial charge on any atom is 0.203 e. The van der Waals surface area contributed by atoms with Crippen LogP contribution in [-0.2, 0) is 12.8 Å². The fourth-order valence-electron chi connectivity index (χ4n) is 2.29. The Hall–Kier alpha value is -1.12. The van der Waals surface area contributed by atoms with Crippen LogP contribution in [0.3, 0.4) is 0 Å². The van der Waals surface area contributed by atoms with Gasteiger partial charge in [-0.2, -0.15) is 0 Å².